The number of benzene rings is 1. The zero-order valence-corrected chi connectivity index (χ0v) is 14.6. The Kier molecular flexibility index (Phi) is 3.91. The molecule has 3 aliphatic rings. The Hall–Kier alpha value is -1.02. The van der Waals surface area contributed by atoms with Crippen molar-refractivity contribution in [2.75, 3.05) is 7.11 Å². The summed E-state index contributed by atoms with van der Waals surface area (Å²) < 4.78 is 5.48. The van der Waals surface area contributed by atoms with E-state index in [1.165, 1.54) is 44.1 Å². The van der Waals surface area contributed by atoms with Crippen molar-refractivity contribution >= 4 is 0 Å². The van der Waals surface area contributed by atoms with Crippen LogP contribution in [0.2, 0.25) is 0 Å². The number of aliphatic hydroxyl groups excluding tert-OH is 1. The number of aryl methyl sites for hydroxylation is 1. The van der Waals surface area contributed by atoms with Crippen molar-refractivity contribution in [1.29, 1.82) is 0 Å². The summed E-state index contributed by atoms with van der Waals surface area (Å²) in [4.78, 5) is 0. The molecule has 1 aromatic carbocycles. The Labute approximate surface area is 140 Å². The summed E-state index contributed by atoms with van der Waals surface area (Å²) >= 11 is 0. The summed E-state index contributed by atoms with van der Waals surface area (Å²) in [6.07, 6.45) is 9.58. The molecule has 0 saturated heterocycles. The monoisotopic (exact) mass is 314 g/mol. The van der Waals surface area contributed by atoms with Crippen LogP contribution in [-0.4, -0.2) is 18.3 Å². The van der Waals surface area contributed by atoms with Crippen molar-refractivity contribution in [3.63, 3.8) is 0 Å². The van der Waals surface area contributed by atoms with Gasteiger partial charge in [-0.05, 0) is 91.4 Å². The van der Waals surface area contributed by atoms with Crippen molar-refractivity contribution < 1.29 is 9.84 Å². The number of hydrogen-bond donors (Lipinski definition) is 1. The molecule has 0 bridgehead atoms. The first-order valence-electron chi connectivity index (χ1n) is 9.54. The molecule has 1 aromatic rings. The predicted molar refractivity (Wildman–Crippen MR) is 92.9 cm³/mol. The maximum Gasteiger partial charge on any atom is 0.119 e. The molecule has 0 heterocycles. The topological polar surface area (TPSA) is 29.5 Å². The SMILES string of the molecule is CC[C@]12CC[C@@H]3c4cc(OC)ccc4CC[C@H]3[C@@H]1CCCC2O. The fourth-order valence-corrected chi connectivity index (χ4v) is 6.32. The zero-order valence-electron chi connectivity index (χ0n) is 14.6. The van der Waals surface area contributed by atoms with Crippen LogP contribution in [0, 0.1) is 17.3 Å². The molecule has 3 aliphatic carbocycles. The molecule has 0 radical (unpaired) electrons. The van der Waals surface area contributed by atoms with Gasteiger partial charge in [0.05, 0.1) is 13.2 Å². The zero-order chi connectivity index (χ0) is 16.0. The minimum absolute atomic E-state index is 0.0705. The normalized spacial score (nSPS) is 39.1. The van der Waals surface area contributed by atoms with Crippen LogP contribution in [-0.2, 0) is 6.42 Å². The molecule has 2 heteroatoms. The number of rotatable bonds is 2. The van der Waals surface area contributed by atoms with E-state index in [-0.39, 0.29) is 11.5 Å². The minimum Gasteiger partial charge on any atom is -0.497 e. The van der Waals surface area contributed by atoms with Crippen molar-refractivity contribution in [2.24, 2.45) is 17.3 Å². The first-order valence-corrected chi connectivity index (χ1v) is 9.54. The number of methoxy groups -OCH3 is 1. The highest BCUT2D eigenvalue weighted by atomic mass is 16.5. The maximum atomic E-state index is 10.8. The van der Waals surface area contributed by atoms with Gasteiger partial charge in [0, 0.05) is 0 Å². The quantitative estimate of drug-likeness (QED) is 0.858. The lowest BCUT2D eigenvalue weighted by Gasteiger charge is -2.57. The lowest BCUT2D eigenvalue weighted by molar-refractivity contribution is -0.112. The van der Waals surface area contributed by atoms with Crippen LogP contribution in [0.15, 0.2) is 18.2 Å². The molecular weight excluding hydrogens is 284 g/mol. The highest BCUT2D eigenvalue weighted by Gasteiger charge is 2.54. The van der Waals surface area contributed by atoms with Gasteiger partial charge in [0.1, 0.15) is 5.75 Å². The van der Waals surface area contributed by atoms with Gasteiger partial charge in [-0.3, -0.25) is 0 Å². The average Bonchev–Trinajstić information content (AvgIpc) is 2.61. The minimum atomic E-state index is -0.0705. The first-order chi connectivity index (χ1) is 11.2. The molecule has 0 amide bonds. The Balaban J connectivity index is 1.71. The standard InChI is InChI=1S/C21H30O2/c1-3-21-12-11-16-17(19(21)5-4-6-20(21)22)10-8-14-7-9-15(23-2)13-18(14)16/h7,9,13,16-17,19-20,22H,3-6,8,10-12H2,1-2H3/t16-,17+,19-,20?,21-/m0/s1. The second-order valence-corrected chi connectivity index (χ2v) is 8.05. The highest BCUT2D eigenvalue weighted by molar-refractivity contribution is 5.40. The third-order valence-electron chi connectivity index (χ3n) is 7.51. The van der Waals surface area contributed by atoms with E-state index in [1.54, 1.807) is 12.7 Å². The second-order valence-electron chi connectivity index (χ2n) is 8.05. The van der Waals surface area contributed by atoms with E-state index in [4.69, 9.17) is 4.74 Å². The van der Waals surface area contributed by atoms with Crippen LogP contribution in [0.3, 0.4) is 0 Å². The Morgan fingerprint density at radius 2 is 2.09 bits per heavy atom. The van der Waals surface area contributed by atoms with E-state index in [0.29, 0.717) is 11.8 Å². The molecule has 4 rings (SSSR count). The summed E-state index contributed by atoms with van der Waals surface area (Å²) in [5, 5.41) is 10.8. The molecule has 5 atom stereocenters. The second kappa shape index (κ2) is 5.81. The van der Waals surface area contributed by atoms with Gasteiger partial charge in [-0.25, -0.2) is 0 Å². The van der Waals surface area contributed by atoms with E-state index in [1.807, 2.05) is 0 Å². The van der Waals surface area contributed by atoms with E-state index in [9.17, 15) is 5.11 Å². The molecule has 126 valence electrons. The van der Waals surface area contributed by atoms with Gasteiger partial charge in [-0.2, -0.15) is 0 Å². The van der Waals surface area contributed by atoms with Crippen LogP contribution in [0.25, 0.3) is 0 Å². The lowest BCUT2D eigenvalue weighted by Crippen LogP contribution is -2.52. The summed E-state index contributed by atoms with van der Waals surface area (Å²) in [5.41, 5.74) is 3.29. The average molecular weight is 314 g/mol. The largest absolute Gasteiger partial charge is 0.497 e. The van der Waals surface area contributed by atoms with Crippen LogP contribution in [0.4, 0.5) is 0 Å². The van der Waals surface area contributed by atoms with Crippen LogP contribution in [0.5, 0.6) is 5.75 Å². The molecule has 0 spiro atoms. The van der Waals surface area contributed by atoms with E-state index in [0.717, 1.165) is 24.5 Å². The molecule has 2 nitrogen and oxygen atoms in total. The fraction of sp³-hybridized carbons (Fsp3) is 0.714. The predicted octanol–water partition coefficient (Wildman–Crippen LogP) is 4.69. The Morgan fingerprint density at radius 1 is 1.22 bits per heavy atom. The van der Waals surface area contributed by atoms with Crippen LogP contribution in [0.1, 0.15) is 68.9 Å². The molecule has 23 heavy (non-hydrogen) atoms. The van der Waals surface area contributed by atoms with Crippen molar-refractivity contribution in [2.45, 2.75) is 70.3 Å². The lowest BCUT2D eigenvalue weighted by atomic mass is 9.48. The van der Waals surface area contributed by atoms with Crippen molar-refractivity contribution in [3.05, 3.63) is 29.3 Å². The highest BCUT2D eigenvalue weighted by Crippen LogP contribution is 2.61. The summed E-state index contributed by atoms with van der Waals surface area (Å²) in [7, 11) is 1.77. The van der Waals surface area contributed by atoms with Gasteiger partial charge in [0.15, 0.2) is 0 Å². The van der Waals surface area contributed by atoms with E-state index < -0.39 is 0 Å². The third-order valence-corrected chi connectivity index (χ3v) is 7.51. The molecule has 1 N–H and O–H groups in total. The van der Waals surface area contributed by atoms with Crippen LogP contribution >= 0.6 is 0 Å². The summed E-state index contributed by atoms with van der Waals surface area (Å²) in [6.45, 7) is 2.31. The van der Waals surface area contributed by atoms with Gasteiger partial charge in [-0.15, -0.1) is 0 Å². The van der Waals surface area contributed by atoms with Gasteiger partial charge in [0.25, 0.3) is 0 Å². The Morgan fingerprint density at radius 3 is 2.87 bits per heavy atom. The maximum absolute atomic E-state index is 10.8. The molecular formula is C21H30O2. The van der Waals surface area contributed by atoms with Gasteiger partial charge in [-0.1, -0.05) is 19.4 Å². The Bertz CT molecular complexity index is 581. The number of hydrogen-bond acceptors (Lipinski definition) is 2. The first kappa shape index (κ1) is 15.5. The van der Waals surface area contributed by atoms with Crippen LogP contribution < -0.4 is 4.74 Å². The van der Waals surface area contributed by atoms with Gasteiger partial charge >= 0.3 is 0 Å². The number of ether oxygens (including phenoxy) is 1. The van der Waals surface area contributed by atoms with E-state index >= 15 is 0 Å². The molecule has 1 unspecified atom stereocenters. The smallest absolute Gasteiger partial charge is 0.119 e. The van der Waals surface area contributed by atoms with Crippen molar-refractivity contribution in [3.8, 4) is 5.75 Å². The third kappa shape index (κ3) is 2.25. The van der Waals surface area contributed by atoms with Gasteiger partial charge in [0.2, 0.25) is 0 Å². The summed E-state index contributed by atoms with van der Waals surface area (Å²) in [6, 6.07) is 6.69. The summed E-state index contributed by atoms with van der Waals surface area (Å²) in [5.74, 6) is 3.16. The molecule has 0 aliphatic heterocycles. The molecule has 2 saturated carbocycles. The molecule has 0 aromatic heterocycles. The number of fused-ring (bicyclic) bond motifs is 5. The number of aliphatic hydroxyl groups is 1. The fourth-order valence-electron chi connectivity index (χ4n) is 6.32. The molecule has 2 fully saturated rings. The van der Waals surface area contributed by atoms with E-state index in [2.05, 4.69) is 25.1 Å². The van der Waals surface area contributed by atoms with Gasteiger partial charge < -0.3 is 9.84 Å². The van der Waals surface area contributed by atoms with Crippen molar-refractivity contribution in [1.82, 2.24) is 0 Å².